The highest BCUT2D eigenvalue weighted by molar-refractivity contribution is 6.17. The van der Waals surface area contributed by atoms with Crippen molar-refractivity contribution in [3.05, 3.63) is 33.9 Å². The third kappa shape index (κ3) is 3.27. The molecule has 0 aromatic heterocycles. The second-order valence-electron chi connectivity index (χ2n) is 2.74. The van der Waals surface area contributed by atoms with Crippen LogP contribution in [0.4, 0.5) is 18.9 Å². The highest BCUT2D eigenvalue weighted by atomic mass is 35.5. The van der Waals surface area contributed by atoms with Gasteiger partial charge >= 0.3 is 12.0 Å². The van der Waals surface area contributed by atoms with Crippen LogP contribution in [-0.4, -0.2) is 11.3 Å². The summed E-state index contributed by atoms with van der Waals surface area (Å²) in [5.41, 5.74) is -0.432. The molecule has 0 aliphatic rings. The van der Waals surface area contributed by atoms with Crippen molar-refractivity contribution in [2.75, 3.05) is 0 Å². The fourth-order valence-electron chi connectivity index (χ4n) is 1.000. The summed E-state index contributed by atoms with van der Waals surface area (Å²) >= 11 is 5.40. The summed E-state index contributed by atoms with van der Waals surface area (Å²) in [7, 11) is 0. The van der Waals surface area contributed by atoms with E-state index in [1.807, 2.05) is 0 Å². The zero-order chi connectivity index (χ0) is 12.3. The van der Waals surface area contributed by atoms with E-state index in [0.717, 1.165) is 12.1 Å². The van der Waals surface area contributed by atoms with Crippen LogP contribution in [0.15, 0.2) is 18.2 Å². The molecule has 1 aromatic carbocycles. The molecule has 0 saturated heterocycles. The lowest BCUT2D eigenvalue weighted by Gasteiger charge is -2.09. The molecule has 16 heavy (non-hydrogen) atoms. The SMILES string of the molecule is O=[N+]([O-])c1cc(CCl)ccc1OC(F)(F)F. The van der Waals surface area contributed by atoms with E-state index >= 15 is 0 Å². The minimum atomic E-state index is -4.97. The fourth-order valence-corrected chi connectivity index (χ4v) is 1.17. The van der Waals surface area contributed by atoms with Crippen molar-refractivity contribution in [1.82, 2.24) is 0 Å². The topological polar surface area (TPSA) is 52.4 Å². The average Bonchev–Trinajstić information content (AvgIpc) is 2.15. The van der Waals surface area contributed by atoms with Gasteiger partial charge in [-0.1, -0.05) is 6.07 Å². The van der Waals surface area contributed by atoms with Crippen LogP contribution in [-0.2, 0) is 5.88 Å². The fraction of sp³-hybridized carbons (Fsp3) is 0.250. The highest BCUT2D eigenvalue weighted by Gasteiger charge is 2.34. The van der Waals surface area contributed by atoms with Crippen LogP contribution in [0, 0.1) is 10.1 Å². The molecule has 0 unspecified atom stereocenters. The predicted molar refractivity (Wildman–Crippen MR) is 49.3 cm³/mol. The Kier molecular flexibility index (Phi) is 3.58. The summed E-state index contributed by atoms with van der Waals surface area (Å²) in [6.45, 7) is 0. The molecule has 0 aliphatic heterocycles. The van der Waals surface area contributed by atoms with E-state index in [1.54, 1.807) is 0 Å². The van der Waals surface area contributed by atoms with Crippen LogP contribution in [0.5, 0.6) is 5.75 Å². The molecule has 0 amide bonds. The van der Waals surface area contributed by atoms with E-state index in [2.05, 4.69) is 4.74 Å². The molecular weight excluding hydrogens is 251 g/mol. The first-order valence-corrected chi connectivity index (χ1v) is 4.46. The molecular formula is C8H5ClF3NO3. The minimum absolute atomic E-state index is 0.0346. The van der Waals surface area contributed by atoms with Crippen LogP contribution < -0.4 is 4.74 Å². The van der Waals surface area contributed by atoms with E-state index in [0.29, 0.717) is 5.56 Å². The lowest BCUT2D eigenvalue weighted by molar-refractivity contribution is -0.388. The molecule has 0 fully saturated rings. The van der Waals surface area contributed by atoms with Gasteiger partial charge in [0.1, 0.15) is 0 Å². The zero-order valence-electron chi connectivity index (χ0n) is 7.62. The van der Waals surface area contributed by atoms with Gasteiger partial charge in [-0.25, -0.2) is 0 Å². The zero-order valence-corrected chi connectivity index (χ0v) is 8.38. The largest absolute Gasteiger partial charge is 0.573 e. The quantitative estimate of drug-likeness (QED) is 0.473. The van der Waals surface area contributed by atoms with Crippen LogP contribution in [0.1, 0.15) is 5.56 Å². The highest BCUT2D eigenvalue weighted by Crippen LogP contribution is 2.32. The molecule has 8 heteroatoms. The Morgan fingerprint density at radius 2 is 2.06 bits per heavy atom. The van der Waals surface area contributed by atoms with E-state index in [1.165, 1.54) is 6.07 Å². The molecule has 88 valence electrons. The number of alkyl halides is 4. The van der Waals surface area contributed by atoms with Crippen molar-refractivity contribution >= 4 is 17.3 Å². The molecule has 1 aromatic rings. The maximum absolute atomic E-state index is 11.9. The van der Waals surface area contributed by atoms with Gasteiger partial charge < -0.3 is 4.74 Å². The van der Waals surface area contributed by atoms with Crippen LogP contribution in [0.3, 0.4) is 0 Å². The molecule has 1 rings (SSSR count). The van der Waals surface area contributed by atoms with Gasteiger partial charge in [0.25, 0.3) is 0 Å². The predicted octanol–water partition coefficient (Wildman–Crippen LogP) is 3.23. The number of nitro groups is 1. The summed E-state index contributed by atoms with van der Waals surface area (Å²) < 4.78 is 39.2. The Hall–Kier alpha value is -1.50. The van der Waals surface area contributed by atoms with Crippen LogP contribution >= 0.6 is 11.6 Å². The first-order valence-electron chi connectivity index (χ1n) is 3.92. The molecule has 0 radical (unpaired) electrons. The summed E-state index contributed by atoms with van der Waals surface area (Å²) in [5.74, 6) is -0.890. The van der Waals surface area contributed by atoms with Gasteiger partial charge in [-0.2, -0.15) is 0 Å². The number of nitrogens with zero attached hydrogens (tertiary/aromatic N) is 1. The number of rotatable bonds is 3. The maximum atomic E-state index is 11.9. The lowest BCUT2D eigenvalue weighted by Crippen LogP contribution is -2.18. The number of halogens is 4. The number of hydrogen-bond acceptors (Lipinski definition) is 3. The van der Waals surface area contributed by atoms with Gasteiger partial charge in [0.05, 0.1) is 4.92 Å². The lowest BCUT2D eigenvalue weighted by atomic mass is 10.2. The monoisotopic (exact) mass is 255 g/mol. The van der Waals surface area contributed by atoms with E-state index < -0.39 is 22.7 Å². The third-order valence-corrected chi connectivity index (χ3v) is 1.91. The van der Waals surface area contributed by atoms with Crippen molar-refractivity contribution in [1.29, 1.82) is 0 Å². The number of hydrogen-bond donors (Lipinski definition) is 0. The summed E-state index contributed by atoms with van der Waals surface area (Å²) in [5, 5.41) is 10.5. The average molecular weight is 256 g/mol. The molecule has 0 heterocycles. The normalized spacial score (nSPS) is 11.2. The molecule has 0 bridgehead atoms. The Balaban J connectivity index is 3.13. The number of ether oxygens (including phenoxy) is 1. The molecule has 0 atom stereocenters. The van der Waals surface area contributed by atoms with E-state index in [9.17, 15) is 23.3 Å². The van der Waals surface area contributed by atoms with Crippen molar-refractivity contribution < 1.29 is 22.8 Å². The minimum Gasteiger partial charge on any atom is -0.398 e. The molecule has 0 N–H and O–H groups in total. The van der Waals surface area contributed by atoms with Crippen molar-refractivity contribution in [2.45, 2.75) is 12.2 Å². The summed E-state index contributed by atoms with van der Waals surface area (Å²) in [6, 6.07) is 3.03. The number of nitro benzene ring substituents is 1. The maximum Gasteiger partial charge on any atom is 0.573 e. The first-order chi connectivity index (χ1) is 7.33. The van der Waals surface area contributed by atoms with Gasteiger partial charge in [-0.15, -0.1) is 24.8 Å². The van der Waals surface area contributed by atoms with Gasteiger partial charge in [-0.05, 0) is 11.6 Å². The van der Waals surface area contributed by atoms with Crippen LogP contribution in [0.25, 0.3) is 0 Å². The Morgan fingerprint density at radius 3 is 2.50 bits per heavy atom. The van der Waals surface area contributed by atoms with Crippen molar-refractivity contribution in [2.24, 2.45) is 0 Å². The van der Waals surface area contributed by atoms with Gasteiger partial charge in [0.15, 0.2) is 0 Å². The van der Waals surface area contributed by atoms with Crippen LogP contribution in [0.2, 0.25) is 0 Å². The molecule has 4 nitrogen and oxygen atoms in total. The smallest absolute Gasteiger partial charge is 0.398 e. The third-order valence-electron chi connectivity index (χ3n) is 1.60. The standard InChI is InChI=1S/C8H5ClF3NO3/c9-4-5-1-2-7(16-8(10,11)12)6(3-5)13(14)15/h1-3H,4H2. The van der Waals surface area contributed by atoms with Crippen molar-refractivity contribution in [3.8, 4) is 5.75 Å². The first kappa shape index (κ1) is 12.6. The van der Waals surface area contributed by atoms with E-state index in [4.69, 9.17) is 11.6 Å². The summed E-state index contributed by atoms with van der Waals surface area (Å²) in [4.78, 5) is 9.53. The van der Waals surface area contributed by atoms with Crippen molar-refractivity contribution in [3.63, 3.8) is 0 Å². The Bertz CT molecular complexity index is 408. The Labute approximate surface area is 92.7 Å². The Morgan fingerprint density at radius 1 is 1.44 bits per heavy atom. The molecule has 0 aliphatic carbocycles. The molecule has 0 spiro atoms. The number of benzene rings is 1. The van der Waals surface area contributed by atoms with Gasteiger partial charge in [0, 0.05) is 11.9 Å². The summed E-state index contributed by atoms with van der Waals surface area (Å²) in [6.07, 6.45) is -4.97. The second-order valence-corrected chi connectivity index (χ2v) is 3.01. The van der Waals surface area contributed by atoms with Gasteiger partial charge in [0.2, 0.25) is 5.75 Å². The van der Waals surface area contributed by atoms with E-state index in [-0.39, 0.29) is 5.88 Å². The second kappa shape index (κ2) is 4.56. The van der Waals surface area contributed by atoms with Gasteiger partial charge in [-0.3, -0.25) is 10.1 Å². The molecule has 0 saturated carbocycles.